The number of phenols is 1. The number of benzene rings is 4. The van der Waals surface area contributed by atoms with E-state index >= 15 is 0 Å². The Morgan fingerprint density at radius 1 is 0.542 bits per heavy atom. The van der Waals surface area contributed by atoms with E-state index in [0.29, 0.717) is 5.69 Å². The summed E-state index contributed by atoms with van der Waals surface area (Å²) in [5.41, 5.74) is 8.90. The number of rotatable bonds is 3. The second-order valence-electron chi connectivity index (χ2n) is 9.78. The van der Waals surface area contributed by atoms with Crippen LogP contribution in [0.2, 0.25) is 0 Å². The van der Waals surface area contributed by atoms with Crippen LogP contribution in [0.5, 0.6) is 23.0 Å². The Labute approximate surface area is 311 Å². The van der Waals surface area contributed by atoms with Gasteiger partial charge in [-0.3, -0.25) is 15.0 Å². The van der Waals surface area contributed by atoms with Crippen molar-refractivity contribution in [2.45, 2.75) is 0 Å². The SMILES string of the molecule is COc1cc(Br)c2cccnc2c1.COc1cc(Br)cc2ncccc12.COc1cc(N)cc(Br)c1.Oc1cc(Br)cc2ncccc12. The summed E-state index contributed by atoms with van der Waals surface area (Å²) in [5.74, 6) is 2.69. The Balaban J connectivity index is 0.000000145. The van der Waals surface area contributed by atoms with Crippen molar-refractivity contribution in [2.75, 3.05) is 27.1 Å². The Kier molecular flexibility index (Phi) is 13.8. The predicted molar refractivity (Wildman–Crippen MR) is 208 cm³/mol. The van der Waals surface area contributed by atoms with Gasteiger partial charge in [0.25, 0.3) is 0 Å². The van der Waals surface area contributed by atoms with E-state index in [4.69, 9.17) is 19.9 Å². The molecule has 0 amide bonds. The number of nitrogens with zero attached hydrogens (tertiary/aromatic N) is 3. The van der Waals surface area contributed by atoms with Crippen molar-refractivity contribution >= 4 is 102 Å². The third kappa shape index (κ3) is 10.3. The van der Waals surface area contributed by atoms with Crippen LogP contribution in [0.4, 0.5) is 5.69 Å². The van der Waals surface area contributed by atoms with E-state index in [1.807, 2.05) is 72.8 Å². The lowest BCUT2D eigenvalue weighted by molar-refractivity contribution is 0.414. The topological polar surface area (TPSA) is 113 Å². The minimum Gasteiger partial charge on any atom is -0.507 e. The monoisotopic (exact) mass is 898 g/mol. The summed E-state index contributed by atoms with van der Waals surface area (Å²) >= 11 is 13.4. The molecule has 12 heteroatoms. The van der Waals surface area contributed by atoms with Crippen LogP contribution in [0.1, 0.15) is 0 Å². The van der Waals surface area contributed by atoms with Crippen LogP contribution in [0.25, 0.3) is 32.7 Å². The predicted octanol–water partition coefficient (Wildman–Crippen LogP) is 10.8. The molecule has 0 aliphatic rings. The zero-order valence-corrected chi connectivity index (χ0v) is 32.3. The molecule has 3 heterocycles. The molecule has 3 aromatic heterocycles. The third-order valence-corrected chi connectivity index (χ3v) is 8.57. The molecule has 48 heavy (non-hydrogen) atoms. The highest BCUT2D eigenvalue weighted by atomic mass is 79.9. The number of nitrogens with two attached hydrogens (primary N) is 1. The Hall–Kier alpha value is -3.97. The fourth-order valence-corrected chi connectivity index (χ4v) is 6.26. The van der Waals surface area contributed by atoms with Gasteiger partial charge in [-0.1, -0.05) is 53.9 Å². The summed E-state index contributed by atoms with van der Waals surface area (Å²) < 4.78 is 19.1. The number of hydrogen-bond acceptors (Lipinski definition) is 8. The molecule has 0 atom stereocenters. The van der Waals surface area contributed by atoms with E-state index in [2.05, 4.69) is 78.7 Å². The molecule has 8 nitrogen and oxygen atoms in total. The Morgan fingerprint density at radius 3 is 1.62 bits per heavy atom. The fraction of sp³-hybridized carbons (Fsp3) is 0.0833. The second kappa shape index (κ2) is 18.0. The van der Waals surface area contributed by atoms with Crippen LogP contribution in [-0.2, 0) is 0 Å². The largest absolute Gasteiger partial charge is 0.507 e. The Bertz CT molecular complexity index is 2120. The van der Waals surface area contributed by atoms with Crippen LogP contribution < -0.4 is 19.9 Å². The first-order valence-electron chi connectivity index (χ1n) is 14.1. The van der Waals surface area contributed by atoms with Crippen LogP contribution >= 0.6 is 63.7 Å². The number of halogens is 4. The third-order valence-electron chi connectivity index (χ3n) is 6.54. The van der Waals surface area contributed by atoms with Crippen molar-refractivity contribution in [1.82, 2.24) is 15.0 Å². The molecule has 0 spiro atoms. The van der Waals surface area contributed by atoms with Crippen LogP contribution in [0.3, 0.4) is 0 Å². The molecule has 0 aliphatic heterocycles. The molecule has 0 aliphatic carbocycles. The van der Waals surface area contributed by atoms with Crippen LogP contribution in [0.15, 0.2) is 127 Å². The summed E-state index contributed by atoms with van der Waals surface area (Å²) in [6.45, 7) is 0. The van der Waals surface area contributed by atoms with Gasteiger partial charge in [0.2, 0.25) is 0 Å². The van der Waals surface area contributed by atoms with Crippen molar-refractivity contribution in [2.24, 2.45) is 0 Å². The van der Waals surface area contributed by atoms with E-state index in [1.54, 1.807) is 58.1 Å². The van der Waals surface area contributed by atoms with Crippen molar-refractivity contribution in [3.05, 3.63) is 127 Å². The lowest BCUT2D eigenvalue weighted by atomic mass is 10.2. The standard InChI is InChI=1S/2C10H8BrNO.C9H6BrNO.C7H8BrNO/c1-13-7-5-9(11)8-3-2-4-12-10(8)6-7;1-13-10-6-7(11)5-9-8(10)3-2-4-12-9;10-6-4-8-7(9(12)5-6)2-1-3-11-8;1-10-7-3-5(8)2-6(9)4-7/h2*2-6H,1H3;1-5,12H;2-4H,9H2,1H3. The van der Waals surface area contributed by atoms with Crippen LogP contribution in [0, 0.1) is 0 Å². The number of phenolic OH excluding ortho intramolecular Hbond substituents is 1. The molecule has 7 rings (SSSR count). The maximum absolute atomic E-state index is 9.48. The van der Waals surface area contributed by atoms with Gasteiger partial charge in [0.1, 0.15) is 23.0 Å². The van der Waals surface area contributed by atoms with E-state index in [1.165, 1.54) is 0 Å². The van der Waals surface area contributed by atoms with E-state index in [0.717, 1.165) is 67.8 Å². The number of methoxy groups -OCH3 is 3. The van der Waals surface area contributed by atoms with Gasteiger partial charge in [-0.05, 0) is 88.7 Å². The summed E-state index contributed by atoms with van der Waals surface area (Å²) in [6, 6.07) is 28.2. The minimum absolute atomic E-state index is 0.257. The zero-order valence-electron chi connectivity index (χ0n) is 26.0. The molecule has 0 fully saturated rings. The maximum atomic E-state index is 9.48. The lowest BCUT2D eigenvalue weighted by Gasteiger charge is -2.04. The maximum Gasteiger partial charge on any atom is 0.129 e. The summed E-state index contributed by atoms with van der Waals surface area (Å²) in [6.07, 6.45) is 5.25. The lowest BCUT2D eigenvalue weighted by Crippen LogP contribution is -1.87. The minimum atomic E-state index is 0.257. The normalized spacial score (nSPS) is 10.1. The van der Waals surface area contributed by atoms with Crippen molar-refractivity contribution < 1.29 is 19.3 Å². The van der Waals surface area contributed by atoms with Gasteiger partial charge in [-0.2, -0.15) is 0 Å². The molecule has 0 saturated carbocycles. The quantitative estimate of drug-likeness (QED) is 0.169. The average Bonchev–Trinajstić information content (AvgIpc) is 3.08. The number of ether oxygens (including phenoxy) is 3. The summed E-state index contributed by atoms with van der Waals surface area (Å²) in [7, 11) is 4.92. The number of aromatic nitrogens is 3. The number of anilines is 1. The highest BCUT2D eigenvalue weighted by molar-refractivity contribution is 9.11. The molecule has 0 saturated heterocycles. The first-order valence-corrected chi connectivity index (χ1v) is 17.3. The summed E-state index contributed by atoms with van der Waals surface area (Å²) in [4.78, 5) is 12.6. The molecule has 0 bridgehead atoms. The molecule has 0 radical (unpaired) electrons. The van der Waals surface area contributed by atoms with Gasteiger partial charge in [-0.15, -0.1) is 0 Å². The zero-order chi connectivity index (χ0) is 34.6. The number of pyridine rings is 3. The van der Waals surface area contributed by atoms with E-state index < -0.39 is 0 Å². The molecule has 0 unspecified atom stereocenters. The molecule has 246 valence electrons. The Morgan fingerprint density at radius 2 is 1.04 bits per heavy atom. The number of hydrogen-bond donors (Lipinski definition) is 2. The molecular formula is C36H30Br4N4O4. The number of nitrogen functional groups attached to an aromatic ring is 1. The number of fused-ring (bicyclic) bond motifs is 3. The first kappa shape index (κ1) is 36.9. The van der Waals surface area contributed by atoms with E-state index in [-0.39, 0.29) is 5.75 Å². The molecule has 3 N–H and O–H groups in total. The molecule has 7 aromatic rings. The van der Waals surface area contributed by atoms with Gasteiger partial charge < -0.3 is 25.1 Å². The fourth-order valence-electron chi connectivity index (χ4n) is 4.35. The first-order chi connectivity index (χ1) is 23.1. The van der Waals surface area contributed by atoms with Gasteiger partial charge in [0.15, 0.2) is 0 Å². The van der Waals surface area contributed by atoms with Gasteiger partial charge >= 0.3 is 0 Å². The number of aromatic hydroxyl groups is 1. The molecular weight excluding hydrogens is 872 g/mol. The highest BCUT2D eigenvalue weighted by Gasteiger charge is 2.04. The average molecular weight is 902 g/mol. The molecule has 4 aromatic carbocycles. The van der Waals surface area contributed by atoms with Gasteiger partial charge in [0, 0.05) is 70.5 Å². The van der Waals surface area contributed by atoms with Crippen LogP contribution in [-0.4, -0.2) is 41.4 Å². The second-order valence-corrected chi connectivity index (χ2v) is 13.4. The van der Waals surface area contributed by atoms with E-state index in [9.17, 15) is 5.11 Å². The highest BCUT2D eigenvalue weighted by Crippen LogP contribution is 2.30. The van der Waals surface area contributed by atoms with Crippen molar-refractivity contribution in [1.29, 1.82) is 0 Å². The van der Waals surface area contributed by atoms with Gasteiger partial charge in [0.05, 0.1) is 37.9 Å². The summed E-state index contributed by atoms with van der Waals surface area (Å²) in [5, 5.41) is 12.4. The van der Waals surface area contributed by atoms with Crippen molar-refractivity contribution in [3.63, 3.8) is 0 Å². The van der Waals surface area contributed by atoms with Gasteiger partial charge in [-0.25, -0.2) is 0 Å². The smallest absolute Gasteiger partial charge is 0.129 e. The van der Waals surface area contributed by atoms with Crippen molar-refractivity contribution in [3.8, 4) is 23.0 Å².